The zero-order chi connectivity index (χ0) is 19.1. The van der Waals surface area contributed by atoms with Crippen LogP contribution >= 0.6 is 0 Å². The number of sulfonamides is 1. The molecular weight excluding hydrogens is 350 g/mol. The molecule has 7 heteroatoms. The zero-order valence-electron chi connectivity index (χ0n) is 14.8. The van der Waals surface area contributed by atoms with Crippen molar-refractivity contribution in [2.75, 3.05) is 16.3 Å². The van der Waals surface area contributed by atoms with E-state index in [0.717, 1.165) is 11.3 Å². The molecule has 0 N–H and O–H groups in total. The summed E-state index contributed by atoms with van der Waals surface area (Å²) in [5.74, 6) is -0.0541. The molecule has 0 aromatic heterocycles. The van der Waals surface area contributed by atoms with E-state index in [-0.39, 0.29) is 16.8 Å². The number of amides is 1. The third-order valence-corrected chi connectivity index (χ3v) is 6.41. The molecule has 1 atom stereocenters. The van der Waals surface area contributed by atoms with Crippen molar-refractivity contribution < 1.29 is 13.2 Å². The van der Waals surface area contributed by atoms with Gasteiger partial charge in [-0.2, -0.15) is 5.26 Å². The van der Waals surface area contributed by atoms with Crippen molar-refractivity contribution >= 4 is 27.3 Å². The molecule has 0 radical (unpaired) electrons. The summed E-state index contributed by atoms with van der Waals surface area (Å²) >= 11 is 0. The predicted molar refractivity (Wildman–Crippen MR) is 99.5 cm³/mol. The number of hydrogen-bond acceptors (Lipinski definition) is 4. The van der Waals surface area contributed by atoms with Crippen molar-refractivity contribution in [1.29, 1.82) is 5.26 Å². The summed E-state index contributed by atoms with van der Waals surface area (Å²) in [6.07, 6.45) is 0.624. The Morgan fingerprint density at radius 3 is 2.46 bits per heavy atom. The lowest BCUT2D eigenvalue weighted by Crippen LogP contribution is -2.33. The Labute approximate surface area is 153 Å². The second-order valence-corrected chi connectivity index (χ2v) is 8.33. The first-order chi connectivity index (χ1) is 12.3. The van der Waals surface area contributed by atoms with Gasteiger partial charge in [0.15, 0.2) is 0 Å². The van der Waals surface area contributed by atoms with E-state index in [1.165, 1.54) is 24.3 Å². The van der Waals surface area contributed by atoms with Crippen LogP contribution < -0.4 is 9.21 Å². The van der Waals surface area contributed by atoms with E-state index < -0.39 is 10.0 Å². The lowest BCUT2D eigenvalue weighted by atomic mass is 10.1. The van der Waals surface area contributed by atoms with Crippen LogP contribution in [0.5, 0.6) is 0 Å². The lowest BCUT2D eigenvalue weighted by Gasteiger charge is -2.22. The van der Waals surface area contributed by atoms with Gasteiger partial charge in [0.1, 0.15) is 0 Å². The van der Waals surface area contributed by atoms with Crippen LogP contribution in [-0.4, -0.2) is 27.4 Å². The summed E-state index contributed by atoms with van der Waals surface area (Å²) in [6.45, 7) is 3.45. The number of benzene rings is 2. The normalized spacial score (nSPS) is 16.1. The molecule has 0 saturated carbocycles. The number of anilines is 2. The minimum absolute atomic E-state index is 0.0108. The van der Waals surface area contributed by atoms with Gasteiger partial charge in [-0.15, -0.1) is 0 Å². The number of nitrogens with zero attached hydrogens (tertiary/aromatic N) is 3. The topological polar surface area (TPSA) is 81.5 Å². The van der Waals surface area contributed by atoms with E-state index in [1.807, 2.05) is 13.0 Å². The van der Waals surface area contributed by atoms with Crippen LogP contribution in [0.15, 0.2) is 47.4 Å². The molecule has 1 aliphatic heterocycles. The molecule has 6 nitrogen and oxygen atoms in total. The summed E-state index contributed by atoms with van der Waals surface area (Å²) in [4.78, 5) is 13.7. The molecule has 3 rings (SSSR count). The highest BCUT2D eigenvalue weighted by molar-refractivity contribution is 7.92. The molecule has 26 heavy (non-hydrogen) atoms. The molecule has 0 bridgehead atoms. The first-order valence-corrected chi connectivity index (χ1v) is 9.61. The lowest BCUT2D eigenvalue weighted by molar-refractivity contribution is -0.116. The van der Waals surface area contributed by atoms with Gasteiger partial charge in [-0.3, -0.25) is 9.10 Å². The quantitative estimate of drug-likeness (QED) is 0.833. The Morgan fingerprint density at radius 1 is 1.23 bits per heavy atom. The SMILES string of the molecule is CC(=O)N1c2ccc(S(=O)(=O)N(C)c3ccc(C#N)cc3)cc2CC1C. The van der Waals surface area contributed by atoms with Crippen molar-refractivity contribution in [3.05, 3.63) is 53.6 Å². The maximum Gasteiger partial charge on any atom is 0.264 e. The van der Waals surface area contributed by atoms with Crippen LogP contribution in [0.1, 0.15) is 25.0 Å². The Hall–Kier alpha value is -2.85. The predicted octanol–water partition coefficient (Wildman–Crippen LogP) is 2.68. The van der Waals surface area contributed by atoms with Crippen LogP contribution in [0.3, 0.4) is 0 Å². The van der Waals surface area contributed by atoms with Crippen LogP contribution in [0.25, 0.3) is 0 Å². The summed E-state index contributed by atoms with van der Waals surface area (Å²) in [6, 6.07) is 13.2. The summed E-state index contributed by atoms with van der Waals surface area (Å²) < 4.78 is 27.1. The average molecular weight is 369 g/mol. The molecule has 0 saturated heterocycles. The number of carbonyl (C=O) groups is 1. The smallest absolute Gasteiger partial charge is 0.264 e. The van der Waals surface area contributed by atoms with E-state index in [9.17, 15) is 13.2 Å². The number of fused-ring (bicyclic) bond motifs is 1. The number of rotatable bonds is 3. The van der Waals surface area contributed by atoms with Gasteiger partial charge in [0.05, 0.1) is 22.2 Å². The summed E-state index contributed by atoms with van der Waals surface area (Å²) in [5, 5.41) is 8.87. The fourth-order valence-electron chi connectivity index (χ4n) is 3.29. The van der Waals surface area contributed by atoms with Crippen molar-refractivity contribution in [3.63, 3.8) is 0 Å². The monoisotopic (exact) mass is 369 g/mol. The van der Waals surface area contributed by atoms with Gasteiger partial charge in [-0.05, 0) is 61.4 Å². The molecule has 1 aliphatic rings. The molecule has 0 aliphatic carbocycles. The molecule has 1 unspecified atom stereocenters. The highest BCUT2D eigenvalue weighted by atomic mass is 32.2. The first kappa shape index (κ1) is 18.0. The highest BCUT2D eigenvalue weighted by Crippen LogP contribution is 2.35. The van der Waals surface area contributed by atoms with Crippen molar-refractivity contribution in [1.82, 2.24) is 0 Å². The minimum atomic E-state index is -3.74. The number of carbonyl (C=O) groups excluding carboxylic acids is 1. The standard InChI is InChI=1S/C19H19N3O3S/c1-13-10-16-11-18(8-9-19(16)22(13)14(2)23)26(24,25)21(3)17-6-4-15(12-20)5-7-17/h4-9,11,13H,10H2,1-3H3. The fourth-order valence-corrected chi connectivity index (χ4v) is 4.54. The molecule has 2 aromatic rings. The van der Waals surface area contributed by atoms with Gasteiger partial charge in [0.25, 0.3) is 10.0 Å². The van der Waals surface area contributed by atoms with Crippen molar-refractivity contribution in [2.45, 2.75) is 31.2 Å². The Bertz CT molecular complexity index is 1010. The molecule has 0 spiro atoms. The van der Waals surface area contributed by atoms with E-state index in [4.69, 9.17) is 5.26 Å². The van der Waals surface area contributed by atoms with E-state index in [0.29, 0.717) is 17.7 Å². The van der Waals surface area contributed by atoms with Crippen LogP contribution in [0, 0.1) is 11.3 Å². The Balaban J connectivity index is 1.97. The largest absolute Gasteiger partial charge is 0.309 e. The Kier molecular flexibility index (Phi) is 4.46. The third kappa shape index (κ3) is 2.93. The van der Waals surface area contributed by atoms with E-state index in [1.54, 1.807) is 41.3 Å². The summed E-state index contributed by atoms with van der Waals surface area (Å²) in [7, 11) is -2.26. The first-order valence-electron chi connectivity index (χ1n) is 8.17. The van der Waals surface area contributed by atoms with Crippen molar-refractivity contribution in [3.8, 4) is 6.07 Å². The second kappa shape index (κ2) is 6.46. The van der Waals surface area contributed by atoms with Gasteiger partial charge in [0.2, 0.25) is 5.91 Å². The third-order valence-electron chi connectivity index (χ3n) is 4.62. The number of nitriles is 1. The number of hydrogen-bond donors (Lipinski definition) is 0. The molecule has 1 heterocycles. The zero-order valence-corrected chi connectivity index (χ0v) is 15.6. The molecule has 134 valence electrons. The maximum absolute atomic E-state index is 13.0. The van der Waals surface area contributed by atoms with E-state index >= 15 is 0 Å². The van der Waals surface area contributed by atoms with Crippen LogP contribution in [0.4, 0.5) is 11.4 Å². The van der Waals surface area contributed by atoms with Gasteiger partial charge < -0.3 is 4.90 Å². The van der Waals surface area contributed by atoms with Crippen LogP contribution in [-0.2, 0) is 21.2 Å². The van der Waals surface area contributed by atoms with E-state index in [2.05, 4.69) is 0 Å². The Morgan fingerprint density at radius 2 is 1.88 bits per heavy atom. The summed E-state index contributed by atoms with van der Waals surface area (Å²) in [5.41, 5.74) is 2.56. The van der Waals surface area contributed by atoms with Gasteiger partial charge in [-0.25, -0.2) is 8.42 Å². The van der Waals surface area contributed by atoms with Crippen molar-refractivity contribution in [2.24, 2.45) is 0 Å². The van der Waals surface area contributed by atoms with Gasteiger partial charge in [0, 0.05) is 25.7 Å². The molecular formula is C19H19N3O3S. The average Bonchev–Trinajstić information content (AvgIpc) is 2.96. The fraction of sp³-hybridized carbons (Fsp3) is 0.263. The van der Waals surface area contributed by atoms with Gasteiger partial charge >= 0.3 is 0 Å². The molecule has 1 amide bonds. The second-order valence-electron chi connectivity index (χ2n) is 6.36. The van der Waals surface area contributed by atoms with Crippen LogP contribution in [0.2, 0.25) is 0 Å². The maximum atomic E-state index is 13.0. The minimum Gasteiger partial charge on any atom is -0.309 e. The highest BCUT2D eigenvalue weighted by Gasteiger charge is 2.31. The molecule has 0 fully saturated rings. The van der Waals surface area contributed by atoms with Gasteiger partial charge in [-0.1, -0.05) is 0 Å². The molecule has 2 aromatic carbocycles.